The summed E-state index contributed by atoms with van der Waals surface area (Å²) < 4.78 is 0. The minimum absolute atomic E-state index is 0.397. The number of carboxylic acid groups (broad SMARTS) is 1. The molecule has 0 spiro atoms. The Morgan fingerprint density at radius 1 is 1.53 bits per heavy atom. The van der Waals surface area contributed by atoms with Gasteiger partial charge in [0.25, 0.3) is 0 Å². The van der Waals surface area contributed by atoms with Crippen molar-refractivity contribution in [1.29, 1.82) is 0 Å². The van der Waals surface area contributed by atoms with Gasteiger partial charge in [0.15, 0.2) is 0 Å². The first kappa shape index (κ1) is 12.3. The topological polar surface area (TPSA) is 43.4 Å². The van der Waals surface area contributed by atoms with Crippen molar-refractivity contribution in [2.75, 3.05) is 16.8 Å². The number of amides is 1. The number of anilines is 1. The summed E-state index contributed by atoms with van der Waals surface area (Å²) in [6.07, 6.45) is -0.487. The molecule has 0 aliphatic heterocycles. The molecule has 0 atom stereocenters. The summed E-state index contributed by atoms with van der Waals surface area (Å²) in [7, 11) is 0. The van der Waals surface area contributed by atoms with Gasteiger partial charge >= 0.3 is 0 Å². The van der Waals surface area contributed by atoms with Crippen LogP contribution in [0.5, 0.6) is 0 Å². The summed E-state index contributed by atoms with van der Waals surface area (Å²) in [6, 6.07) is 6.70. The Morgan fingerprint density at radius 3 is 2.80 bits per heavy atom. The smallest absolute Gasteiger partial charge is 0.141 e. The molecule has 82 valence electrons. The van der Waals surface area contributed by atoms with E-state index in [1.807, 2.05) is 0 Å². The van der Waals surface area contributed by atoms with E-state index >= 15 is 0 Å². The molecule has 3 nitrogen and oxygen atoms in total. The van der Waals surface area contributed by atoms with Crippen LogP contribution in [0.15, 0.2) is 24.3 Å². The summed E-state index contributed by atoms with van der Waals surface area (Å²) >= 11 is 9.03. The van der Waals surface area contributed by atoms with Crippen molar-refractivity contribution in [1.82, 2.24) is 0 Å². The third-order valence-corrected chi connectivity index (χ3v) is 2.65. The number of halogens is 2. The van der Waals surface area contributed by atoms with Crippen molar-refractivity contribution in [3.63, 3.8) is 0 Å². The average Bonchev–Trinajstić information content (AvgIpc) is 2.18. The second kappa shape index (κ2) is 5.98. The molecule has 1 amide bonds. The molecule has 0 aliphatic carbocycles. The molecule has 0 heterocycles. The highest BCUT2D eigenvalue weighted by atomic mass is 79.9. The van der Waals surface area contributed by atoms with E-state index in [0.717, 1.165) is 11.8 Å². The van der Waals surface area contributed by atoms with E-state index < -0.39 is 6.09 Å². The minimum atomic E-state index is -1.21. The van der Waals surface area contributed by atoms with E-state index in [2.05, 4.69) is 15.9 Å². The van der Waals surface area contributed by atoms with Gasteiger partial charge < -0.3 is 14.8 Å². The summed E-state index contributed by atoms with van der Waals surface area (Å²) in [5.41, 5.74) is 0.545. The van der Waals surface area contributed by atoms with Crippen LogP contribution in [-0.2, 0) is 0 Å². The van der Waals surface area contributed by atoms with Crippen molar-refractivity contribution in [3.8, 4) is 0 Å². The lowest BCUT2D eigenvalue weighted by Crippen LogP contribution is -2.42. The molecule has 0 unspecified atom stereocenters. The number of hydrogen-bond acceptors (Lipinski definition) is 2. The Bertz CT molecular complexity index is 346. The molecule has 0 aromatic heterocycles. The molecule has 5 heteroatoms. The number of alkyl halides is 1. The van der Waals surface area contributed by atoms with Crippen LogP contribution < -0.4 is 10.0 Å². The Hall–Kier alpha value is -0.740. The van der Waals surface area contributed by atoms with Crippen LogP contribution in [0.1, 0.15) is 6.42 Å². The van der Waals surface area contributed by atoms with Crippen molar-refractivity contribution >= 4 is 39.3 Å². The lowest BCUT2D eigenvalue weighted by molar-refractivity contribution is -0.246. The molecule has 0 bridgehead atoms. The standard InChI is InChI=1S/C10H11BrClNO2/c11-5-2-6-13(10(14)15)9-4-1-3-8(12)7-9/h1,3-4,7H,2,5-6H2,(H,14,15)/p-1. The third-order valence-electron chi connectivity index (χ3n) is 1.86. The van der Waals surface area contributed by atoms with Crippen LogP contribution in [0, 0.1) is 0 Å². The van der Waals surface area contributed by atoms with E-state index in [1.54, 1.807) is 24.3 Å². The first-order valence-corrected chi connectivity index (χ1v) is 5.95. The average molecular weight is 292 g/mol. The van der Waals surface area contributed by atoms with Crippen LogP contribution in [-0.4, -0.2) is 18.0 Å². The fourth-order valence-electron chi connectivity index (χ4n) is 1.19. The Balaban J connectivity index is 2.84. The van der Waals surface area contributed by atoms with E-state index in [0.29, 0.717) is 17.3 Å². The fraction of sp³-hybridized carbons (Fsp3) is 0.300. The zero-order chi connectivity index (χ0) is 11.3. The van der Waals surface area contributed by atoms with E-state index in [1.165, 1.54) is 4.90 Å². The highest BCUT2D eigenvalue weighted by Crippen LogP contribution is 2.19. The monoisotopic (exact) mass is 290 g/mol. The van der Waals surface area contributed by atoms with Crippen LogP contribution >= 0.6 is 27.5 Å². The molecule has 1 aromatic carbocycles. The number of rotatable bonds is 4. The molecule has 1 rings (SSSR count). The molecule has 0 radical (unpaired) electrons. The van der Waals surface area contributed by atoms with Gasteiger partial charge in [-0.05, 0) is 24.6 Å². The number of carbonyl (C=O) groups is 1. The predicted octanol–water partition coefficient (Wildman–Crippen LogP) is 2.27. The van der Waals surface area contributed by atoms with E-state index in [-0.39, 0.29) is 0 Å². The predicted molar refractivity (Wildman–Crippen MR) is 62.6 cm³/mol. The first-order chi connectivity index (χ1) is 7.15. The van der Waals surface area contributed by atoms with Crippen LogP contribution in [0.3, 0.4) is 0 Å². The van der Waals surface area contributed by atoms with Gasteiger partial charge in [0.1, 0.15) is 6.09 Å². The maximum Gasteiger partial charge on any atom is 0.141 e. The van der Waals surface area contributed by atoms with Gasteiger partial charge in [-0.15, -0.1) is 0 Å². The second-order valence-corrected chi connectivity index (χ2v) is 4.17. The number of hydrogen-bond donors (Lipinski definition) is 0. The highest BCUT2D eigenvalue weighted by molar-refractivity contribution is 9.09. The lowest BCUT2D eigenvalue weighted by Gasteiger charge is -2.24. The lowest BCUT2D eigenvalue weighted by atomic mass is 10.3. The number of nitrogens with zero attached hydrogens (tertiary/aromatic N) is 1. The van der Waals surface area contributed by atoms with Gasteiger partial charge in [0, 0.05) is 22.6 Å². The summed E-state index contributed by atoms with van der Waals surface area (Å²) in [5, 5.41) is 12.1. The van der Waals surface area contributed by atoms with E-state index in [4.69, 9.17) is 11.6 Å². The SMILES string of the molecule is O=C([O-])N(CCCBr)c1cccc(Cl)c1. The zero-order valence-corrected chi connectivity index (χ0v) is 10.3. The van der Waals surface area contributed by atoms with Crippen LogP contribution in [0.25, 0.3) is 0 Å². The van der Waals surface area contributed by atoms with Gasteiger partial charge in [0.05, 0.1) is 0 Å². The normalized spacial score (nSPS) is 10.0. The van der Waals surface area contributed by atoms with Gasteiger partial charge in [-0.3, -0.25) is 0 Å². The van der Waals surface area contributed by atoms with Gasteiger partial charge in [-0.25, -0.2) is 0 Å². The molecular formula is C10H10BrClNO2-. The highest BCUT2D eigenvalue weighted by Gasteiger charge is 2.06. The van der Waals surface area contributed by atoms with Gasteiger partial charge in [-0.1, -0.05) is 33.6 Å². The third kappa shape index (κ3) is 3.72. The van der Waals surface area contributed by atoms with Crippen LogP contribution in [0.2, 0.25) is 5.02 Å². The Labute approximate surface area is 102 Å². The first-order valence-electron chi connectivity index (χ1n) is 4.45. The molecule has 0 N–H and O–H groups in total. The number of carbonyl (C=O) groups excluding carboxylic acids is 1. The Morgan fingerprint density at radius 2 is 2.27 bits per heavy atom. The van der Waals surface area contributed by atoms with E-state index in [9.17, 15) is 9.90 Å². The maximum absolute atomic E-state index is 10.9. The molecule has 15 heavy (non-hydrogen) atoms. The summed E-state index contributed by atoms with van der Waals surface area (Å²) in [5.74, 6) is 0. The molecule has 0 saturated carbocycles. The largest absolute Gasteiger partial charge is 0.530 e. The van der Waals surface area contributed by atoms with Crippen molar-refractivity contribution in [2.45, 2.75) is 6.42 Å². The van der Waals surface area contributed by atoms with Crippen LogP contribution in [0.4, 0.5) is 10.5 Å². The molecular weight excluding hydrogens is 281 g/mol. The molecule has 0 aliphatic rings. The fourth-order valence-corrected chi connectivity index (χ4v) is 1.62. The van der Waals surface area contributed by atoms with Crippen molar-refractivity contribution in [3.05, 3.63) is 29.3 Å². The van der Waals surface area contributed by atoms with Crippen molar-refractivity contribution in [2.24, 2.45) is 0 Å². The van der Waals surface area contributed by atoms with Crippen molar-refractivity contribution < 1.29 is 9.90 Å². The van der Waals surface area contributed by atoms with Gasteiger partial charge in [0.2, 0.25) is 0 Å². The molecule has 0 fully saturated rings. The minimum Gasteiger partial charge on any atom is -0.530 e. The summed E-state index contributed by atoms with van der Waals surface area (Å²) in [6.45, 7) is 0.397. The Kier molecular flexibility index (Phi) is 4.91. The second-order valence-electron chi connectivity index (χ2n) is 2.94. The van der Waals surface area contributed by atoms with Gasteiger partial charge in [-0.2, -0.15) is 0 Å². The summed E-state index contributed by atoms with van der Waals surface area (Å²) in [4.78, 5) is 12.0. The quantitative estimate of drug-likeness (QED) is 0.799. The number of benzene rings is 1. The molecule has 0 saturated heterocycles. The zero-order valence-electron chi connectivity index (χ0n) is 7.95. The molecule has 1 aromatic rings. The maximum atomic E-state index is 10.9.